The van der Waals surface area contributed by atoms with Crippen molar-refractivity contribution >= 4 is 53.8 Å². The largest absolute Gasteiger partial charge is 0.491 e. The van der Waals surface area contributed by atoms with Gasteiger partial charge < -0.3 is 10.5 Å². The molecule has 0 saturated carbocycles. The SMILES string of the molecule is Cc1ccc(N(C(=O)C(N)=O)c2nc(CNS(C)(=O)=O)c(S(C)(=O)=O)s2)c(OCC(C)C)c1. The van der Waals surface area contributed by atoms with Gasteiger partial charge in [0.05, 0.1) is 30.8 Å². The van der Waals surface area contributed by atoms with E-state index in [9.17, 15) is 26.4 Å². The molecule has 14 heteroatoms. The van der Waals surface area contributed by atoms with E-state index in [1.165, 1.54) is 6.07 Å². The summed E-state index contributed by atoms with van der Waals surface area (Å²) in [5, 5.41) is -0.178. The fourth-order valence-electron chi connectivity index (χ4n) is 2.61. The van der Waals surface area contributed by atoms with Crippen LogP contribution in [-0.4, -0.2) is 52.8 Å². The predicted molar refractivity (Wildman–Crippen MR) is 125 cm³/mol. The second kappa shape index (κ2) is 10.2. The lowest BCUT2D eigenvalue weighted by Crippen LogP contribution is -2.37. The molecule has 0 saturated heterocycles. The summed E-state index contributed by atoms with van der Waals surface area (Å²) in [6.07, 6.45) is 1.84. The Morgan fingerprint density at radius 3 is 2.36 bits per heavy atom. The number of aromatic nitrogens is 1. The minimum Gasteiger partial charge on any atom is -0.491 e. The molecule has 0 atom stereocenters. The zero-order chi connectivity index (χ0) is 25.1. The molecule has 33 heavy (non-hydrogen) atoms. The molecule has 2 aromatic rings. The molecular formula is C19H26N4O7S3. The number of nitrogens with one attached hydrogen (secondary N) is 1. The Kier molecular flexibility index (Phi) is 8.22. The molecule has 0 radical (unpaired) electrons. The number of sulfonamides is 1. The van der Waals surface area contributed by atoms with Crippen molar-refractivity contribution in [2.24, 2.45) is 11.7 Å². The minimum atomic E-state index is -3.84. The molecule has 1 aromatic heterocycles. The monoisotopic (exact) mass is 518 g/mol. The summed E-state index contributed by atoms with van der Waals surface area (Å²) in [5.41, 5.74) is 6.09. The maximum absolute atomic E-state index is 12.8. The van der Waals surface area contributed by atoms with Crippen LogP contribution < -0.4 is 20.1 Å². The summed E-state index contributed by atoms with van der Waals surface area (Å²) in [6.45, 7) is 5.56. The van der Waals surface area contributed by atoms with Crippen LogP contribution in [0.4, 0.5) is 10.8 Å². The molecule has 1 heterocycles. The molecule has 1 aromatic carbocycles. The Bertz CT molecular complexity index is 1270. The van der Waals surface area contributed by atoms with Crippen molar-refractivity contribution in [2.75, 3.05) is 24.0 Å². The van der Waals surface area contributed by atoms with E-state index >= 15 is 0 Å². The number of benzene rings is 1. The number of hydrogen-bond acceptors (Lipinski definition) is 9. The minimum absolute atomic E-state index is 0.123. The highest BCUT2D eigenvalue weighted by atomic mass is 32.2. The standard InChI is InChI=1S/C19H26N4O7S3/c1-11(2)10-30-15-8-12(3)6-7-14(15)23(17(25)16(20)24)19-22-13(9-21-33(5,28)29)18(31-19)32(4,26)27/h6-8,11,21H,9-10H2,1-5H3,(H2,20,24). The van der Waals surface area contributed by atoms with Crippen LogP contribution in [-0.2, 0) is 36.0 Å². The highest BCUT2D eigenvalue weighted by Crippen LogP contribution is 2.39. The van der Waals surface area contributed by atoms with E-state index in [0.717, 1.165) is 23.0 Å². The smallest absolute Gasteiger partial charge is 0.322 e. The predicted octanol–water partition coefficient (Wildman–Crippen LogP) is 1.09. The molecule has 0 aliphatic rings. The average Bonchev–Trinajstić information content (AvgIpc) is 3.10. The van der Waals surface area contributed by atoms with E-state index in [1.807, 2.05) is 20.8 Å². The zero-order valence-electron chi connectivity index (χ0n) is 18.8. The van der Waals surface area contributed by atoms with Gasteiger partial charge in [0.15, 0.2) is 15.0 Å². The fourth-order valence-corrected chi connectivity index (χ4v) is 5.21. The number of aryl methyl sites for hydroxylation is 1. The second-order valence-corrected chi connectivity index (χ2v) is 12.8. The quantitative estimate of drug-likeness (QED) is 0.465. The first kappa shape index (κ1) is 26.7. The van der Waals surface area contributed by atoms with Crippen LogP contribution in [0.1, 0.15) is 25.1 Å². The number of nitrogens with zero attached hydrogens (tertiary/aromatic N) is 2. The third-order valence-electron chi connectivity index (χ3n) is 4.02. The molecule has 0 spiro atoms. The number of carbonyl (C=O) groups excluding carboxylic acids is 2. The topological polar surface area (TPSA) is 166 Å². The first-order valence-corrected chi connectivity index (χ1v) is 14.2. The van der Waals surface area contributed by atoms with Gasteiger partial charge in [-0.25, -0.2) is 31.4 Å². The van der Waals surface area contributed by atoms with E-state index in [0.29, 0.717) is 17.9 Å². The van der Waals surface area contributed by atoms with Crippen molar-refractivity contribution in [1.29, 1.82) is 0 Å². The fraction of sp³-hybridized carbons (Fsp3) is 0.421. The number of amides is 2. The van der Waals surface area contributed by atoms with Gasteiger partial charge in [-0.05, 0) is 30.5 Å². The van der Waals surface area contributed by atoms with Crippen LogP contribution >= 0.6 is 11.3 Å². The Morgan fingerprint density at radius 1 is 1.21 bits per heavy atom. The summed E-state index contributed by atoms with van der Waals surface area (Å²) in [4.78, 5) is 29.7. The lowest BCUT2D eigenvalue weighted by Gasteiger charge is -2.22. The number of thiazole rings is 1. The van der Waals surface area contributed by atoms with Crippen molar-refractivity contribution in [1.82, 2.24) is 9.71 Å². The van der Waals surface area contributed by atoms with Crippen LogP contribution in [0.2, 0.25) is 0 Å². The van der Waals surface area contributed by atoms with Gasteiger partial charge in [-0.15, -0.1) is 0 Å². The number of primary amides is 1. The number of rotatable bonds is 9. The maximum Gasteiger partial charge on any atom is 0.322 e. The molecule has 0 aliphatic carbocycles. The van der Waals surface area contributed by atoms with Crippen molar-refractivity contribution in [3.05, 3.63) is 29.5 Å². The average molecular weight is 519 g/mol. The van der Waals surface area contributed by atoms with Gasteiger partial charge in [0.25, 0.3) is 0 Å². The second-order valence-electron chi connectivity index (χ2n) is 7.78. The van der Waals surface area contributed by atoms with Crippen LogP contribution in [0.3, 0.4) is 0 Å². The highest BCUT2D eigenvalue weighted by molar-refractivity contribution is 7.93. The summed E-state index contributed by atoms with van der Waals surface area (Å²) < 4.78 is 55.4. The third-order valence-corrected chi connectivity index (χ3v) is 7.64. The van der Waals surface area contributed by atoms with Crippen molar-refractivity contribution < 1.29 is 31.2 Å². The van der Waals surface area contributed by atoms with Gasteiger partial charge in [-0.2, -0.15) is 0 Å². The molecule has 2 rings (SSSR count). The molecule has 182 valence electrons. The molecule has 11 nitrogen and oxygen atoms in total. The van der Waals surface area contributed by atoms with Gasteiger partial charge in [0, 0.05) is 6.26 Å². The van der Waals surface area contributed by atoms with Crippen molar-refractivity contribution in [2.45, 2.75) is 31.5 Å². The van der Waals surface area contributed by atoms with Gasteiger partial charge >= 0.3 is 11.8 Å². The molecule has 0 unspecified atom stereocenters. The Morgan fingerprint density at radius 2 is 1.85 bits per heavy atom. The third kappa shape index (κ3) is 7.22. The van der Waals surface area contributed by atoms with Crippen molar-refractivity contribution in [3.63, 3.8) is 0 Å². The number of nitrogens with two attached hydrogens (primary N) is 1. The van der Waals surface area contributed by atoms with E-state index in [4.69, 9.17) is 10.5 Å². The van der Waals surface area contributed by atoms with Gasteiger partial charge in [-0.1, -0.05) is 31.3 Å². The molecule has 2 amide bonds. The van der Waals surface area contributed by atoms with Gasteiger partial charge in [-0.3, -0.25) is 9.59 Å². The van der Waals surface area contributed by atoms with Crippen molar-refractivity contribution in [3.8, 4) is 5.75 Å². The first-order chi connectivity index (χ1) is 15.1. The number of sulfone groups is 1. The molecular weight excluding hydrogens is 492 g/mol. The number of ether oxygens (including phenoxy) is 1. The summed E-state index contributed by atoms with van der Waals surface area (Å²) in [7, 11) is -7.50. The summed E-state index contributed by atoms with van der Waals surface area (Å²) in [5.74, 6) is -2.03. The van der Waals surface area contributed by atoms with E-state index < -0.39 is 38.2 Å². The van der Waals surface area contributed by atoms with Crippen LogP contribution in [0, 0.1) is 12.8 Å². The van der Waals surface area contributed by atoms with E-state index in [-0.39, 0.29) is 32.4 Å². The number of anilines is 2. The Labute approximate surface area is 196 Å². The van der Waals surface area contributed by atoms with E-state index in [2.05, 4.69) is 9.71 Å². The van der Waals surface area contributed by atoms with Crippen LogP contribution in [0.15, 0.2) is 22.4 Å². The zero-order valence-corrected chi connectivity index (χ0v) is 21.2. The summed E-state index contributed by atoms with van der Waals surface area (Å²) >= 11 is 0.611. The normalized spacial score (nSPS) is 12.1. The molecule has 0 bridgehead atoms. The lowest BCUT2D eigenvalue weighted by molar-refractivity contribution is -0.135. The Balaban J connectivity index is 2.71. The lowest BCUT2D eigenvalue weighted by atomic mass is 10.2. The number of carbonyl (C=O) groups is 2. The van der Waals surface area contributed by atoms with Crippen LogP contribution in [0.5, 0.6) is 5.75 Å². The van der Waals surface area contributed by atoms with Crippen LogP contribution in [0.25, 0.3) is 0 Å². The van der Waals surface area contributed by atoms with E-state index in [1.54, 1.807) is 12.1 Å². The Hall–Kier alpha value is -2.55. The first-order valence-electron chi connectivity index (χ1n) is 9.62. The van der Waals surface area contributed by atoms with Gasteiger partial charge in [0.2, 0.25) is 10.0 Å². The van der Waals surface area contributed by atoms with Gasteiger partial charge in [0.1, 0.15) is 9.96 Å². The number of hydrogen-bond donors (Lipinski definition) is 2. The molecule has 0 aliphatic heterocycles. The highest BCUT2D eigenvalue weighted by Gasteiger charge is 2.31. The maximum atomic E-state index is 12.8. The molecule has 3 N–H and O–H groups in total. The summed E-state index contributed by atoms with van der Waals surface area (Å²) in [6, 6.07) is 4.87. The molecule has 0 fully saturated rings.